The van der Waals surface area contributed by atoms with Gasteiger partial charge in [-0.1, -0.05) is 12.1 Å². The van der Waals surface area contributed by atoms with E-state index in [0.717, 1.165) is 50.3 Å². The van der Waals surface area contributed by atoms with Gasteiger partial charge in [-0.3, -0.25) is 9.78 Å². The van der Waals surface area contributed by atoms with Crippen molar-refractivity contribution in [1.29, 1.82) is 0 Å². The minimum absolute atomic E-state index is 0.202. The monoisotopic (exact) mass is 381 g/mol. The highest BCUT2D eigenvalue weighted by molar-refractivity contribution is 5.73. The van der Waals surface area contributed by atoms with Gasteiger partial charge in [0.05, 0.1) is 5.69 Å². The summed E-state index contributed by atoms with van der Waals surface area (Å²) < 4.78 is 6.02. The molecule has 28 heavy (non-hydrogen) atoms. The van der Waals surface area contributed by atoms with Gasteiger partial charge < -0.3 is 15.4 Å². The van der Waals surface area contributed by atoms with Crippen molar-refractivity contribution < 1.29 is 9.53 Å². The molecule has 0 unspecified atom stereocenters. The number of nitrogens with two attached hydrogens (primary N) is 1. The predicted octanol–water partition coefficient (Wildman–Crippen LogP) is 3.72. The summed E-state index contributed by atoms with van der Waals surface area (Å²) in [6, 6.07) is 10.3. The van der Waals surface area contributed by atoms with Crippen molar-refractivity contribution in [2.24, 2.45) is 5.73 Å². The highest BCUT2D eigenvalue weighted by Crippen LogP contribution is 2.34. The van der Waals surface area contributed by atoms with E-state index in [4.69, 9.17) is 10.5 Å². The van der Waals surface area contributed by atoms with E-state index in [-0.39, 0.29) is 5.91 Å². The molecule has 3 rings (SSSR count). The van der Waals surface area contributed by atoms with E-state index >= 15 is 0 Å². The Morgan fingerprint density at radius 1 is 1.21 bits per heavy atom. The number of likely N-dealkylation sites (tertiary alicyclic amines) is 1. The molecule has 0 bridgehead atoms. The van der Waals surface area contributed by atoms with Crippen LogP contribution in [0, 0.1) is 13.8 Å². The fourth-order valence-corrected chi connectivity index (χ4v) is 3.99. The molecule has 1 amide bonds. The molecule has 0 aliphatic carbocycles. The van der Waals surface area contributed by atoms with Crippen molar-refractivity contribution in [3.05, 3.63) is 58.9 Å². The van der Waals surface area contributed by atoms with Crippen molar-refractivity contribution >= 4 is 5.91 Å². The first kappa shape index (κ1) is 20.3. The third-order valence-corrected chi connectivity index (χ3v) is 5.59. The van der Waals surface area contributed by atoms with Crippen molar-refractivity contribution in [1.82, 2.24) is 9.88 Å². The number of hydrogen-bond donors (Lipinski definition) is 1. The SMILES string of the molecule is Cc1cc(C2CCN(CCCC(N)=O)CC2)c(C)cc1OCc1ccccn1. The number of ether oxygens (including phenoxy) is 1. The maximum atomic E-state index is 10.9. The first-order valence-corrected chi connectivity index (χ1v) is 10.2. The lowest BCUT2D eigenvalue weighted by Gasteiger charge is -2.33. The maximum Gasteiger partial charge on any atom is 0.217 e. The summed E-state index contributed by atoms with van der Waals surface area (Å²) in [7, 11) is 0. The Labute approximate surface area is 167 Å². The number of carbonyl (C=O) groups excluding carboxylic acids is 1. The lowest BCUT2D eigenvalue weighted by Crippen LogP contribution is -2.34. The second-order valence-corrected chi connectivity index (χ2v) is 7.77. The average Bonchev–Trinajstić information content (AvgIpc) is 2.69. The molecule has 0 spiro atoms. The van der Waals surface area contributed by atoms with E-state index in [2.05, 4.69) is 35.9 Å². The Morgan fingerprint density at radius 3 is 2.68 bits per heavy atom. The molecule has 1 fully saturated rings. The van der Waals surface area contributed by atoms with Gasteiger partial charge in [0.15, 0.2) is 0 Å². The lowest BCUT2D eigenvalue weighted by molar-refractivity contribution is -0.118. The van der Waals surface area contributed by atoms with E-state index in [9.17, 15) is 4.79 Å². The number of rotatable bonds is 8. The molecule has 1 aliphatic heterocycles. The minimum Gasteiger partial charge on any atom is -0.487 e. The van der Waals surface area contributed by atoms with Crippen LogP contribution in [-0.2, 0) is 11.4 Å². The fraction of sp³-hybridized carbons (Fsp3) is 0.478. The molecule has 1 aromatic heterocycles. The summed E-state index contributed by atoms with van der Waals surface area (Å²) >= 11 is 0. The van der Waals surface area contributed by atoms with Gasteiger partial charge in [0.1, 0.15) is 12.4 Å². The van der Waals surface area contributed by atoms with E-state index in [1.807, 2.05) is 18.2 Å². The fourth-order valence-electron chi connectivity index (χ4n) is 3.99. The highest BCUT2D eigenvalue weighted by Gasteiger charge is 2.22. The Balaban J connectivity index is 1.56. The van der Waals surface area contributed by atoms with Gasteiger partial charge in [-0.25, -0.2) is 0 Å². The van der Waals surface area contributed by atoms with Crippen LogP contribution in [0.1, 0.15) is 54.0 Å². The first-order valence-electron chi connectivity index (χ1n) is 10.2. The Bertz CT molecular complexity index is 784. The van der Waals surface area contributed by atoms with E-state index in [1.54, 1.807) is 6.20 Å². The van der Waals surface area contributed by atoms with Gasteiger partial charge in [-0.05, 0) is 93.6 Å². The summed E-state index contributed by atoms with van der Waals surface area (Å²) in [5, 5.41) is 0. The van der Waals surface area contributed by atoms with Gasteiger partial charge >= 0.3 is 0 Å². The molecular formula is C23H31N3O2. The van der Waals surface area contributed by atoms with Crippen LogP contribution in [0.25, 0.3) is 0 Å². The van der Waals surface area contributed by atoms with Gasteiger partial charge in [0.25, 0.3) is 0 Å². The molecule has 0 radical (unpaired) electrons. The lowest BCUT2D eigenvalue weighted by atomic mass is 9.85. The number of aryl methyl sites for hydroxylation is 2. The number of nitrogens with zero attached hydrogens (tertiary/aromatic N) is 2. The van der Waals surface area contributed by atoms with Crippen molar-refractivity contribution in [3.63, 3.8) is 0 Å². The molecular weight excluding hydrogens is 350 g/mol. The summed E-state index contributed by atoms with van der Waals surface area (Å²) in [5.74, 6) is 1.33. The highest BCUT2D eigenvalue weighted by atomic mass is 16.5. The third kappa shape index (κ3) is 5.55. The molecule has 0 saturated carbocycles. The molecule has 1 aromatic carbocycles. The normalized spacial score (nSPS) is 15.5. The van der Waals surface area contributed by atoms with Gasteiger partial charge in [-0.2, -0.15) is 0 Å². The van der Waals surface area contributed by atoms with E-state index in [0.29, 0.717) is 18.9 Å². The molecule has 5 heteroatoms. The minimum atomic E-state index is -0.202. The second-order valence-electron chi connectivity index (χ2n) is 7.77. The van der Waals surface area contributed by atoms with Crippen LogP contribution in [-0.4, -0.2) is 35.4 Å². The van der Waals surface area contributed by atoms with Crippen molar-refractivity contribution in [2.75, 3.05) is 19.6 Å². The standard InChI is InChI=1S/C23H31N3O2/c1-17-15-22(28-16-20-6-3-4-10-25-20)18(2)14-21(17)19-8-12-26(13-9-19)11-5-7-23(24)27/h3-4,6,10,14-15,19H,5,7-9,11-13,16H2,1-2H3,(H2,24,27). The summed E-state index contributed by atoms with van der Waals surface area (Å²) in [6.45, 7) is 7.93. The Morgan fingerprint density at radius 2 is 2.00 bits per heavy atom. The Hall–Kier alpha value is -2.40. The number of primary amides is 1. The zero-order valence-electron chi connectivity index (χ0n) is 17.0. The summed E-state index contributed by atoms with van der Waals surface area (Å²) in [6.07, 6.45) is 5.45. The molecule has 1 saturated heterocycles. The topological polar surface area (TPSA) is 68.5 Å². The number of carbonyl (C=O) groups is 1. The first-order chi connectivity index (χ1) is 13.5. The van der Waals surface area contributed by atoms with Crippen LogP contribution >= 0.6 is 0 Å². The number of aromatic nitrogens is 1. The Kier molecular flexibility index (Phi) is 7.04. The second kappa shape index (κ2) is 9.69. The van der Waals surface area contributed by atoms with Crippen LogP contribution in [0.2, 0.25) is 0 Å². The largest absolute Gasteiger partial charge is 0.487 e. The summed E-state index contributed by atoms with van der Waals surface area (Å²) in [4.78, 5) is 17.7. The van der Waals surface area contributed by atoms with Crippen LogP contribution in [0.15, 0.2) is 36.5 Å². The van der Waals surface area contributed by atoms with Gasteiger partial charge in [0, 0.05) is 12.6 Å². The van der Waals surface area contributed by atoms with Crippen LogP contribution < -0.4 is 10.5 Å². The molecule has 150 valence electrons. The molecule has 5 nitrogen and oxygen atoms in total. The molecule has 2 N–H and O–H groups in total. The predicted molar refractivity (Wildman–Crippen MR) is 111 cm³/mol. The van der Waals surface area contributed by atoms with Crippen LogP contribution in [0.4, 0.5) is 0 Å². The zero-order chi connectivity index (χ0) is 19.9. The number of benzene rings is 1. The maximum absolute atomic E-state index is 10.9. The van der Waals surface area contributed by atoms with Crippen molar-refractivity contribution in [3.8, 4) is 5.75 Å². The molecule has 1 aliphatic rings. The molecule has 0 atom stereocenters. The van der Waals surface area contributed by atoms with E-state index < -0.39 is 0 Å². The van der Waals surface area contributed by atoms with Gasteiger partial charge in [0.2, 0.25) is 5.91 Å². The van der Waals surface area contributed by atoms with Crippen molar-refractivity contribution in [2.45, 2.75) is 52.1 Å². The average molecular weight is 382 g/mol. The third-order valence-electron chi connectivity index (χ3n) is 5.59. The van der Waals surface area contributed by atoms with Crippen LogP contribution in [0.5, 0.6) is 5.75 Å². The number of pyridine rings is 1. The number of amides is 1. The van der Waals surface area contributed by atoms with Gasteiger partial charge in [-0.15, -0.1) is 0 Å². The smallest absolute Gasteiger partial charge is 0.217 e. The number of piperidine rings is 1. The van der Waals surface area contributed by atoms with E-state index in [1.165, 1.54) is 16.7 Å². The summed E-state index contributed by atoms with van der Waals surface area (Å²) in [5.41, 5.74) is 10.1. The number of hydrogen-bond acceptors (Lipinski definition) is 4. The molecule has 2 aromatic rings. The van der Waals surface area contributed by atoms with Crippen LogP contribution in [0.3, 0.4) is 0 Å². The quantitative estimate of drug-likeness (QED) is 0.757. The molecule has 2 heterocycles. The zero-order valence-corrected chi connectivity index (χ0v) is 17.0.